The van der Waals surface area contributed by atoms with Crippen LogP contribution in [0.15, 0.2) is 43.0 Å². The third-order valence-corrected chi connectivity index (χ3v) is 11.3. The average molecular weight is 628 g/mol. The fraction of sp³-hybridized carbons (Fsp3) is 0.595. The van der Waals surface area contributed by atoms with Crippen molar-refractivity contribution < 1.29 is 19.4 Å². The molecular weight excluding hydrogens is 578 g/mol. The van der Waals surface area contributed by atoms with Gasteiger partial charge in [-0.2, -0.15) is 5.10 Å². The lowest BCUT2D eigenvalue weighted by Gasteiger charge is -2.55. The highest BCUT2D eigenvalue weighted by molar-refractivity contribution is 5.95. The number of pyridine rings is 2. The number of anilines is 1. The molecule has 3 aromatic rings. The molecule has 0 radical (unpaired) electrons. The molecule has 3 aromatic heterocycles. The van der Waals surface area contributed by atoms with Gasteiger partial charge in [-0.05, 0) is 138 Å². The summed E-state index contributed by atoms with van der Waals surface area (Å²) in [5.74, 6) is 0.803. The molecule has 1 N–H and O–H groups in total. The number of aromatic nitrogens is 4. The summed E-state index contributed by atoms with van der Waals surface area (Å²) in [5, 5.41) is 13.9. The maximum absolute atomic E-state index is 14.5. The van der Waals surface area contributed by atoms with Crippen LogP contribution in [0.5, 0.6) is 5.88 Å². The molecule has 0 saturated heterocycles. The summed E-state index contributed by atoms with van der Waals surface area (Å²) in [6.45, 7) is 9.11. The standard InChI is InChI=1S/C37H49N5O4/c1-25-18-30(22-39-33(25)46-5)37-14-11-36(12-15-37,13-16-37)24-41(34(45)27-8-6-26(7-9-27)19-32(43)44)31-20-28(10-17-38-31)29-21-40-42(23-29)35(2,3)4/h10,17-18,20-23,26-27H,6-9,11-16,19,24H2,1-5H3,(H,43,44). The molecule has 0 spiro atoms. The first-order valence-electron chi connectivity index (χ1n) is 17.0. The number of carboxylic acids is 1. The molecule has 2 bridgehead atoms. The van der Waals surface area contributed by atoms with E-state index in [-0.39, 0.29) is 40.5 Å². The van der Waals surface area contributed by atoms with Gasteiger partial charge in [0.25, 0.3) is 0 Å². The van der Waals surface area contributed by atoms with E-state index in [9.17, 15) is 14.7 Å². The summed E-state index contributed by atoms with van der Waals surface area (Å²) < 4.78 is 7.40. The predicted octanol–water partition coefficient (Wildman–Crippen LogP) is 7.32. The highest BCUT2D eigenvalue weighted by Crippen LogP contribution is 2.58. The zero-order valence-corrected chi connectivity index (χ0v) is 28.1. The number of carboxylic acid groups (broad SMARTS) is 1. The quantitative estimate of drug-likeness (QED) is 0.265. The number of aliphatic carboxylic acids is 1. The van der Waals surface area contributed by atoms with Crippen LogP contribution < -0.4 is 9.64 Å². The molecule has 9 heteroatoms. The largest absolute Gasteiger partial charge is 0.481 e. The van der Waals surface area contributed by atoms with E-state index in [1.54, 1.807) is 7.11 Å². The summed E-state index contributed by atoms with van der Waals surface area (Å²) in [5.41, 5.74) is 4.43. The number of aryl methyl sites for hydroxylation is 1. The molecule has 9 nitrogen and oxygen atoms in total. The van der Waals surface area contributed by atoms with Gasteiger partial charge in [-0.25, -0.2) is 9.97 Å². The number of hydrogen-bond donors (Lipinski definition) is 1. The van der Waals surface area contributed by atoms with E-state index in [4.69, 9.17) is 9.72 Å². The van der Waals surface area contributed by atoms with Crippen LogP contribution in [0.3, 0.4) is 0 Å². The van der Waals surface area contributed by atoms with Crippen molar-refractivity contribution in [3.8, 4) is 17.0 Å². The van der Waals surface area contributed by atoms with Crippen molar-refractivity contribution in [3.63, 3.8) is 0 Å². The van der Waals surface area contributed by atoms with E-state index in [2.05, 4.69) is 56.1 Å². The van der Waals surface area contributed by atoms with Crippen LogP contribution in [0.25, 0.3) is 11.1 Å². The van der Waals surface area contributed by atoms with E-state index in [1.807, 2.05) is 34.2 Å². The second-order valence-electron chi connectivity index (χ2n) is 15.3. The van der Waals surface area contributed by atoms with Gasteiger partial charge in [0, 0.05) is 48.6 Å². The Kier molecular flexibility index (Phi) is 8.72. The van der Waals surface area contributed by atoms with E-state index in [1.165, 1.54) is 5.56 Å². The molecule has 0 aromatic carbocycles. The van der Waals surface area contributed by atoms with Crippen LogP contribution in [0.1, 0.15) is 103 Å². The number of ether oxygens (including phenoxy) is 1. The predicted molar refractivity (Wildman–Crippen MR) is 178 cm³/mol. The van der Waals surface area contributed by atoms with Gasteiger partial charge >= 0.3 is 5.97 Å². The number of carbonyl (C=O) groups excluding carboxylic acids is 1. The first-order valence-corrected chi connectivity index (χ1v) is 17.0. The first kappa shape index (κ1) is 32.2. The summed E-state index contributed by atoms with van der Waals surface area (Å²) >= 11 is 0. The number of rotatable bonds is 9. The molecule has 4 aliphatic rings. The molecular formula is C37H49N5O4. The minimum absolute atomic E-state index is 0.0433. The molecule has 4 aliphatic carbocycles. The van der Waals surface area contributed by atoms with Crippen molar-refractivity contribution in [2.75, 3.05) is 18.6 Å². The molecule has 0 unspecified atom stereocenters. The number of amides is 1. The van der Waals surface area contributed by atoms with Gasteiger partial charge in [0.2, 0.25) is 11.8 Å². The molecule has 246 valence electrons. The Morgan fingerprint density at radius 1 is 1.00 bits per heavy atom. The third kappa shape index (κ3) is 6.42. The van der Waals surface area contributed by atoms with Gasteiger partial charge in [0.15, 0.2) is 0 Å². The smallest absolute Gasteiger partial charge is 0.303 e. The van der Waals surface area contributed by atoms with Gasteiger partial charge in [-0.1, -0.05) is 0 Å². The van der Waals surface area contributed by atoms with Crippen molar-refractivity contribution >= 4 is 17.7 Å². The van der Waals surface area contributed by atoms with Gasteiger partial charge < -0.3 is 9.84 Å². The second kappa shape index (κ2) is 12.5. The molecule has 0 aliphatic heterocycles. The Balaban J connectivity index is 1.26. The third-order valence-electron chi connectivity index (χ3n) is 11.3. The summed E-state index contributed by atoms with van der Waals surface area (Å²) in [4.78, 5) is 37.2. The monoisotopic (exact) mass is 627 g/mol. The van der Waals surface area contributed by atoms with Crippen LogP contribution in [-0.4, -0.2) is 50.4 Å². The van der Waals surface area contributed by atoms with Gasteiger partial charge in [-0.15, -0.1) is 0 Å². The van der Waals surface area contributed by atoms with E-state index < -0.39 is 5.97 Å². The van der Waals surface area contributed by atoms with E-state index in [0.29, 0.717) is 18.2 Å². The van der Waals surface area contributed by atoms with Crippen molar-refractivity contribution in [1.29, 1.82) is 0 Å². The fourth-order valence-electron chi connectivity index (χ4n) is 8.27. The van der Waals surface area contributed by atoms with Gasteiger partial charge in [-0.3, -0.25) is 19.2 Å². The highest BCUT2D eigenvalue weighted by atomic mass is 16.5. The first-order chi connectivity index (χ1) is 21.9. The molecule has 4 fully saturated rings. The molecule has 7 rings (SSSR count). The zero-order valence-electron chi connectivity index (χ0n) is 28.1. The Labute approximate surface area is 272 Å². The Morgan fingerprint density at radius 2 is 1.70 bits per heavy atom. The fourth-order valence-corrected chi connectivity index (χ4v) is 8.27. The number of nitrogens with zero attached hydrogens (tertiary/aromatic N) is 5. The topological polar surface area (TPSA) is 110 Å². The number of fused-ring (bicyclic) bond motifs is 3. The Bertz CT molecular complexity index is 1560. The van der Waals surface area contributed by atoms with Crippen LogP contribution in [-0.2, 0) is 20.5 Å². The minimum Gasteiger partial charge on any atom is -0.481 e. The maximum atomic E-state index is 14.5. The SMILES string of the molecule is COc1ncc(C23CCC(CN(C(=O)C4CCC(CC(=O)O)CC4)c4cc(-c5cnn(C(C)(C)C)c5)ccn4)(CC2)CC3)cc1C. The maximum Gasteiger partial charge on any atom is 0.303 e. The van der Waals surface area contributed by atoms with Gasteiger partial charge in [0.05, 0.1) is 18.8 Å². The normalized spacial score (nSPS) is 26.1. The molecule has 0 atom stereocenters. The molecule has 1 amide bonds. The summed E-state index contributed by atoms with van der Waals surface area (Å²) in [7, 11) is 1.67. The molecule has 3 heterocycles. The highest BCUT2D eigenvalue weighted by Gasteiger charge is 2.51. The number of carbonyl (C=O) groups is 2. The van der Waals surface area contributed by atoms with E-state index in [0.717, 1.165) is 80.9 Å². The summed E-state index contributed by atoms with van der Waals surface area (Å²) in [6, 6.07) is 6.31. The minimum atomic E-state index is -0.752. The number of methoxy groups -OCH3 is 1. The second-order valence-corrected chi connectivity index (χ2v) is 15.3. The van der Waals surface area contributed by atoms with Crippen molar-refractivity contribution in [1.82, 2.24) is 19.7 Å². The van der Waals surface area contributed by atoms with Gasteiger partial charge in [0.1, 0.15) is 5.82 Å². The lowest BCUT2D eigenvalue weighted by Crippen LogP contribution is -2.52. The molecule has 4 saturated carbocycles. The average Bonchev–Trinajstić information content (AvgIpc) is 3.56. The van der Waals surface area contributed by atoms with Crippen molar-refractivity contribution in [2.45, 2.75) is 109 Å². The van der Waals surface area contributed by atoms with Crippen LogP contribution in [0, 0.1) is 24.2 Å². The number of hydrogen-bond acceptors (Lipinski definition) is 6. The van der Waals surface area contributed by atoms with E-state index >= 15 is 0 Å². The van der Waals surface area contributed by atoms with Crippen LogP contribution in [0.2, 0.25) is 0 Å². The molecule has 46 heavy (non-hydrogen) atoms. The van der Waals surface area contributed by atoms with Crippen molar-refractivity contribution in [2.24, 2.45) is 17.3 Å². The zero-order chi connectivity index (χ0) is 32.7. The van der Waals surface area contributed by atoms with Crippen LogP contribution in [0.4, 0.5) is 5.82 Å². The van der Waals surface area contributed by atoms with Crippen LogP contribution >= 0.6 is 0 Å². The van der Waals surface area contributed by atoms with Crippen molar-refractivity contribution in [3.05, 3.63) is 54.1 Å². The Morgan fingerprint density at radius 3 is 2.28 bits per heavy atom. The lowest BCUT2D eigenvalue weighted by molar-refractivity contribution is -0.138. The summed E-state index contributed by atoms with van der Waals surface area (Å²) in [6.07, 6.45) is 17.4. The lowest BCUT2D eigenvalue weighted by atomic mass is 9.52. The Hall–Kier alpha value is -3.75.